The van der Waals surface area contributed by atoms with Crippen molar-refractivity contribution in [2.24, 2.45) is 0 Å². The Labute approximate surface area is 103 Å². The molecule has 0 aliphatic heterocycles. The lowest BCUT2D eigenvalue weighted by Crippen LogP contribution is -1.97. The van der Waals surface area contributed by atoms with Gasteiger partial charge in [-0.25, -0.2) is 14.4 Å². The summed E-state index contributed by atoms with van der Waals surface area (Å²) in [5.41, 5.74) is 1.46. The van der Waals surface area contributed by atoms with Crippen LogP contribution in [0.1, 0.15) is 11.4 Å². The van der Waals surface area contributed by atoms with Gasteiger partial charge in [-0.05, 0) is 26.0 Å². The van der Waals surface area contributed by atoms with Gasteiger partial charge in [0.25, 0.3) is 5.88 Å². The Kier molecular flexibility index (Phi) is 3.24. The highest BCUT2D eigenvalue weighted by Gasteiger charge is 2.09. The Balaban J connectivity index is 2.33. The summed E-state index contributed by atoms with van der Waals surface area (Å²) < 4.78 is 18.3. The van der Waals surface area contributed by atoms with Gasteiger partial charge >= 0.3 is 0 Å². The molecule has 0 bridgehead atoms. The Morgan fingerprint density at radius 3 is 2.59 bits per heavy atom. The zero-order valence-corrected chi connectivity index (χ0v) is 10.1. The number of aryl methyl sites for hydroxylation is 2. The molecule has 88 valence electrons. The number of hydrogen-bond acceptors (Lipinski definition) is 3. The number of rotatable bonds is 2. The monoisotopic (exact) mass is 252 g/mol. The van der Waals surface area contributed by atoms with Gasteiger partial charge in [-0.2, -0.15) is 0 Å². The lowest BCUT2D eigenvalue weighted by atomic mass is 10.3. The molecule has 2 rings (SSSR count). The van der Waals surface area contributed by atoms with Crippen molar-refractivity contribution in [1.82, 2.24) is 9.97 Å². The molecule has 3 nitrogen and oxygen atoms in total. The van der Waals surface area contributed by atoms with E-state index in [0.29, 0.717) is 5.75 Å². The van der Waals surface area contributed by atoms with E-state index in [9.17, 15) is 4.39 Å². The summed E-state index contributed by atoms with van der Waals surface area (Å²) in [6, 6.07) is 5.76. The third-order valence-corrected chi connectivity index (χ3v) is 2.49. The van der Waals surface area contributed by atoms with E-state index in [4.69, 9.17) is 16.3 Å². The summed E-state index contributed by atoms with van der Waals surface area (Å²) >= 11 is 5.90. The van der Waals surface area contributed by atoms with Crippen molar-refractivity contribution < 1.29 is 9.13 Å². The number of ether oxygens (including phenoxy) is 1. The highest BCUT2D eigenvalue weighted by Crippen LogP contribution is 2.26. The maximum Gasteiger partial charge on any atom is 0.257 e. The van der Waals surface area contributed by atoms with Crippen LogP contribution < -0.4 is 4.74 Å². The Morgan fingerprint density at radius 1 is 1.18 bits per heavy atom. The highest BCUT2D eigenvalue weighted by molar-refractivity contribution is 6.30. The molecule has 0 spiro atoms. The summed E-state index contributed by atoms with van der Waals surface area (Å²) in [6.45, 7) is 3.61. The molecule has 1 aromatic carbocycles. The van der Waals surface area contributed by atoms with Gasteiger partial charge in [0.1, 0.15) is 11.6 Å². The minimum atomic E-state index is -0.379. The second-order valence-electron chi connectivity index (χ2n) is 3.55. The van der Waals surface area contributed by atoms with E-state index in [1.165, 1.54) is 12.1 Å². The van der Waals surface area contributed by atoms with Crippen molar-refractivity contribution in [3.63, 3.8) is 0 Å². The maximum atomic E-state index is 13.0. The van der Waals surface area contributed by atoms with Crippen molar-refractivity contribution >= 4 is 11.6 Å². The van der Waals surface area contributed by atoms with Gasteiger partial charge in [0.2, 0.25) is 0 Å². The Bertz CT molecular complexity index is 560. The fourth-order valence-electron chi connectivity index (χ4n) is 1.26. The number of benzene rings is 1. The van der Waals surface area contributed by atoms with E-state index in [0.717, 1.165) is 11.4 Å². The smallest absolute Gasteiger partial charge is 0.257 e. The zero-order chi connectivity index (χ0) is 12.4. The fourth-order valence-corrected chi connectivity index (χ4v) is 1.47. The van der Waals surface area contributed by atoms with E-state index in [-0.39, 0.29) is 16.9 Å². The predicted octanol–water partition coefficient (Wildman–Crippen LogP) is 3.68. The second kappa shape index (κ2) is 4.67. The largest absolute Gasteiger partial charge is 0.436 e. The van der Waals surface area contributed by atoms with Gasteiger partial charge < -0.3 is 4.74 Å². The molecule has 0 saturated heterocycles. The van der Waals surface area contributed by atoms with Gasteiger partial charge in [0, 0.05) is 6.07 Å². The molecule has 0 fully saturated rings. The second-order valence-corrected chi connectivity index (χ2v) is 3.91. The van der Waals surface area contributed by atoms with Crippen LogP contribution in [-0.4, -0.2) is 9.97 Å². The van der Waals surface area contributed by atoms with Crippen LogP contribution in [0.3, 0.4) is 0 Å². The van der Waals surface area contributed by atoms with Crippen LogP contribution in [0, 0.1) is 19.7 Å². The minimum absolute atomic E-state index is 0.164. The molecule has 0 saturated carbocycles. The molecule has 0 N–H and O–H groups in total. The van der Waals surface area contributed by atoms with Crippen LogP contribution in [0.15, 0.2) is 24.3 Å². The average Bonchev–Trinajstić information content (AvgIpc) is 2.26. The lowest BCUT2D eigenvalue weighted by molar-refractivity contribution is 0.454. The number of nitrogens with zero attached hydrogens (tertiary/aromatic N) is 2. The molecule has 0 radical (unpaired) electrons. The van der Waals surface area contributed by atoms with Gasteiger partial charge in [-0.15, -0.1) is 0 Å². The first kappa shape index (κ1) is 11.8. The number of halogens is 2. The van der Waals surface area contributed by atoms with E-state index < -0.39 is 0 Å². The van der Waals surface area contributed by atoms with E-state index >= 15 is 0 Å². The standard InChI is InChI=1S/C12H10ClFN2O/c1-7-8(2)16-12(11(13)15-7)17-10-5-3-4-9(14)6-10/h3-6H,1-2H3. The summed E-state index contributed by atoms with van der Waals surface area (Å²) in [7, 11) is 0. The molecule has 2 aromatic rings. The van der Waals surface area contributed by atoms with Gasteiger partial charge in [-0.3, -0.25) is 0 Å². The van der Waals surface area contributed by atoms with Crippen molar-refractivity contribution in [1.29, 1.82) is 0 Å². The first-order valence-electron chi connectivity index (χ1n) is 5.00. The normalized spacial score (nSPS) is 10.4. The Morgan fingerprint density at radius 2 is 1.88 bits per heavy atom. The van der Waals surface area contributed by atoms with Crippen molar-refractivity contribution in [2.45, 2.75) is 13.8 Å². The van der Waals surface area contributed by atoms with Gasteiger partial charge in [0.05, 0.1) is 11.4 Å². The third kappa shape index (κ3) is 2.71. The average molecular weight is 253 g/mol. The van der Waals surface area contributed by atoms with Crippen LogP contribution in [0.2, 0.25) is 5.15 Å². The van der Waals surface area contributed by atoms with Crippen LogP contribution >= 0.6 is 11.6 Å². The van der Waals surface area contributed by atoms with E-state index in [2.05, 4.69) is 9.97 Å². The molecule has 0 aliphatic rings. The van der Waals surface area contributed by atoms with E-state index in [1.807, 2.05) is 0 Å². The first-order valence-corrected chi connectivity index (χ1v) is 5.38. The van der Waals surface area contributed by atoms with Crippen LogP contribution in [-0.2, 0) is 0 Å². The predicted molar refractivity (Wildman–Crippen MR) is 63.0 cm³/mol. The molecule has 0 aliphatic carbocycles. The molecule has 5 heteroatoms. The summed E-state index contributed by atoms with van der Waals surface area (Å²) in [5, 5.41) is 0.164. The SMILES string of the molecule is Cc1nc(Cl)c(Oc2cccc(F)c2)nc1C. The lowest BCUT2D eigenvalue weighted by Gasteiger charge is -2.08. The van der Waals surface area contributed by atoms with Gasteiger partial charge in [-0.1, -0.05) is 17.7 Å². The molecular weight excluding hydrogens is 243 g/mol. The number of aromatic nitrogens is 2. The first-order chi connectivity index (χ1) is 8.06. The quantitative estimate of drug-likeness (QED) is 0.818. The molecule has 0 atom stereocenters. The highest BCUT2D eigenvalue weighted by atomic mass is 35.5. The summed E-state index contributed by atoms with van der Waals surface area (Å²) in [6.07, 6.45) is 0. The summed E-state index contributed by atoms with van der Waals surface area (Å²) in [5.74, 6) is 0.139. The Hall–Kier alpha value is -1.68. The molecule has 0 unspecified atom stereocenters. The summed E-state index contributed by atoms with van der Waals surface area (Å²) in [4.78, 5) is 8.23. The molecule has 1 aromatic heterocycles. The molecule has 17 heavy (non-hydrogen) atoms. The molecule has 0 amide bonds. The van der Waals surface area contributed by atoms with Crippen LogP contribution in [0.25, 0.3) is 0 Å². The molecule has 1 heterocycles. The van der Waals surface area contributed by atoms with Crippen LogP contribution in [0.4, 0.5) is 4.39 Å². The van der Waals surface area contributed by atoms with Crippen molar-refractivity contribution in [3.05, 3.63) is 46.6 Å². The molecular formula is C12H10ClFN2O. The third-order valence-electron chi connectivity index (χ3n) is 2.25. The van der Waals surface area contributed by atoms with Gasteiger partial charge in [0.15, 0.2) is 5.15 Å². The number of hydrogen-bond donors (Lipinski definition) is 0. The van der Waals surface area contributed by atoms with Crippen molar-refractivity contribution in [3.8, 4) is 11.6 Å². The topological polar surface area (TPSA) is 35.0 Å². The minimum Gasteiger partial charge on any atom is -0.436 e. The van der Waals surface area contributed by atoms with Crippen molar-refractivity contribution in [2.75, 3.05) is 0 Å². The van der Waals surface area contributed by atoms with E-state index in [1.54, 1.807) is 26.0 Å². The maximum absolute atomic E-state index is 13.0. The zero-order valence-electron chi connectivity index (χ0n) is 9.37. The van der Waals surface area contributed by atoms with Crippen LogP contribution in [0.5, 0.6) is 11.6 Å². The fraction of sp³-hybridized carbons (Fsp3) is 0.167.